The third-order valence-electron chi connectivity index (χ3n) is 4.45. The van der Waals surface area contributed by atoms with Crippen LogP contribution < -0.4 is 5.32 Å². The van der Waals surface area contributed by atoms with Crippen LogP contribution in [0.25, 0.3) is 0 Å². The van der Waals surface area contributed by atoms with Crippen LogP contribution in [0.3, 0.4) is 0 Å². The number of carbonyl (C=O) groups excluding carboxylic acids is 1. The Balaban J connectivity index is 1.78. The second-order valence-electron chi connectivity index (χ2n) is 6.96. The predicted molar refractivity (Wildman–Crippen MR) is 82.6 cm³/mol. The average Bonchev–Trinajstić information content (AvgIpc) is 2.94. The molecule has 0 aromatic heterocycles. The van der Waals surface area contributed by atoms with Gasteiger partial charge in [0.05, 0.1) is 18.8 Å². The second kappa shape index (κ2) is 5.43. The molecule has 4 nitrogen and oxygen atoms in total. The fourth-order valence-electron chi connectivity index (χ4n) is 3.12. The van der Waals surface area contributed by atoms with Crippen molar-refractivity contribution in [2.75, 3.05) is 26.2 Å². The van der Waals surface area contributed by atoms with E-state index < -0.39 is 0 Å². The number of nitrogens with zero attached hydrogens (tertiary/aromatic N) is 1. The van der Waals surface area contributed by atoms with Crippen molar-refractivity contribution in [1.29, 1.82) is 0 Å². The van der Waals surface area contributed by atoms with Crippen molar-refractivity contribution >= 4 is 5.91 Å². The standard InChI is InChI=1S/C17H24N2O2/c1-17(2,3)13-6-4-12(5-7-13)16(20)19-8-9-21-15-11-18-10-14(15)19/h4-7,14-15,18H,8-11H2,1-3H3/t14-,15-/m1/s1. The minimum absolute atomic E-state index is 0.112. The SMILES string of the molecule is CC(C)(C)c1ccc(C(=O)N2CCO[C@@H]3CNC[C@H]32)cc1. The summed E-state index contributed by atoms with van der Waals surface area (Å²) in [5, 5.41) is 3.31. The lowest BCUT2D eigenvalue weighted by Crippen LogP contribution is -2.53. The van der Waals surface area contributed by atoms with Crippen molar-refractivity contribution < 1.29 is 9.53 Å². The zero-order chi connectivity index (χ0) is 15.0. The molecule has 0 spiro atoms. The Morgan fingerprint density at radius 3 is 2.62 bits per heavy atom. The number of nitrogens with one attached hydrogen (secondary N) is 1. The summed E-state index contributed by atoms with van der Waals surface area (Å²) < 4.78 is 5.73. The molecule has 2 atom stereocenters. The molecule has 2 aliphatic heterocycles. The number of ether oxygens (including phenoxy) is 1. The first kappa shape index (κ1) is 14.5. The average molecular weight is 288 g/mol. The lowest BCUT2D eigenvalue weighted by Gasteiger charge is -2.37. The normalized spacial score (nSPS) is 25.8. The molecular weight excluding hydrogens is 264 g/mol. The molecular formula is C17H24N2O2. The minimum Gasteiger partial charge on any atom is -0.373 e. The van der Waals surface area contributed by atoms with Gasteiger partial charge in [-0.2, -0.15) is 0 Å². The largest absolute Gasteiger partial charge is 0.373 e. The molecule has 1 amide bonds. The molecule has 1 N–H and O–H groups in total. The van der Waals surface area contributed by atoms with Gasteiger partial charge in [0.25, 0.3) is 5.91 Å². The van der Waals surface area contributed by atoms with Crippen LogP contribution in [0.4, 0.5) is 0 Å². The molecule has 1 aromatic rings. The quantitative estimate of drug-likeness (QED) is 0.857. The molecule has 2 aliphatic rings. The lowest BCUT2D eigenvalue weighted by atomic mass is 9.86. The van der Waals surface area contributed by atoms with Crippen molar-refractivity contribution in [1.82, 2.24) is 10.2 Å². The second-order valence-corrected chi connectivity index (χ2v) is 6.96. The van der Waals surface area contributed by atoms with E-state index >= 15 is 0 Å². The van der Waals surface area contributed by atoms with E-state index in [1.54, 1.807) is 0 Å². The van der Waals surface area contributed by atoms with Gasteiger partial charge in [0.15, 0.2) is 0 Å². The molecule has 21 heavy (non-hydrogen) atoms. The fraction of sp³-hybridized carbons (Fsp3) is 0.588. The molecule has 4 heteroatoms. The first-order valence-electron chi connectivity index (χ1n) is 7.70. The maximum atomic E-state index is 12.7. The summed E-state index contributed by atoms with van der Waals surface area (Å²) in [5.41, 5.74) is 2.14. The predicted octanol–water partition coefficient (Wildman–Crippen LogP) is 1.80. The van der Waals surface area contributed by atoms with Crippen molar-refractivity contribution in [3.63, 3.8) is 0 Å². The maximum absolute atomic E-state index is 12.7. The van der Waals surface area contributed by atoms with E-state index in [4.69, 9.17) is 4.74 Å². The minimum atomic E-state index is 0.112. The first-order valence-corrected chi connectivity index (χ1v) is 7.70. The van der Waals surface area contributed by atoms with Crippen molar-refractivity contribution in [3.8, 4) is 0 Å². The highest BCUT2D eigenvalue weighted by atomic mass is 16.5. The van der Waals surface area contributed by atoms with Gasteiger partial charge in [0.1, 0.15) is 0 Å². The molecule has 2 heterocycles. The third-order valence-corrected chi connectivity index (χ3v) is 4.45. The Hall–Kier alpha value is -1.39. The van der Waals surface area contributed by atoms with Gasteiger partial charge >= 0.3 is 0 Å². The Morgan fingerprint density at radius 2 is 1.95 bits per heavy atom. The Bertz CT molecular complexity index is 519. The molecule has 0 radical (unpaired) electrons. The number of hydrogen-bond acceptors (Lipinski definition) is 3. The molecule has 1 aromatic carbocycles. The number of hydrogen-bond donors (Lipinski definition) is 1. The van der Waals surface area contributed by atoms with E-state index in [1.807, 2.05) is 17.0 Å². The molecule has 2 fully saturated rings. The van der Waals surface area contributed by atoms with E-state index in [1.165, 1.54) is 5.56 Å². The summed E-state index contributed by atoms with van der Waals surface area (Å²) in [5.74, 6) is 0.123. The highest BCUT2D eigenvalue weighted by Crippen LogP contribution is 2.24. The molecule has 3 rings (SSSR count). The fourth-order valence-corrected chi connectivity index (χ4v) is 3.12. The van der Waals surface area contributed by atoms with E-state index in [-0.39, 0.29) is 23.5 Å². The van der Waals surface area contributed by atoms with Crippen LogP contribution in [0, 0.1) is 0 Å². The van der Waals surface area contributed by atoms with Crippen LogP contribution >= 0.6 is 0 Å². The summed E-state index contributed by atoms with van der Waals surface area (Å²) >= 11 is 0. The number of morpholine rings is 1. The van der Waals surface area contributed by atoms with Crippen LogP contribution in [0.1, 0.15) is 36.7 Å². The topological polar surface area (TPSA) is 41.6 Å². The highest BCUT2D eigenvalue weighted by Gasteiger charge is 2.38. The van der Waals surface area contributed by atoms with Crippen LogP contribution in [0.5, 0.6) is 0 Å². The molecule has 0 unspecified atom stereocenters. The van der Waals surface area contributed by atoms with Crippen LogP contribution in [-0.2, 0) is 10.2 Å². The first-order chi connectivity index (χ1) is 9.97. The zero-order valence-corrected chi connectivity index (χ0v) is 13.1. The van der Waals surface area contributed by atoms with Gasteiger partial charge in [-0.3, -0.25) is 4.79 Å². The molecule has 2 saturated heterocycles. The van der Waals surface area contributed by atoms with Gasteiger partial charge in [0.2, 0.25) is 0 Å². The number of rotatable bonds is 1. The van der Waals surface area contributed by atoms with Crippen molar-refractivity contribution in [2.45, 2.75) is 38.3 Å². The summed E-state index contributed by atoms with van der Waals surface area (Å²) in [4.78, 5) is 14.7. The van der Waals surface area contributed by atoms with E-state index in [0.717, 1.165) is 18.7 Å². The maximum Gasteiger partial charge on any atom is 0.254 e. The van der Waals surface area contributed by atoms with Gasteiger partial charge in [-0.1, -0.05) is 32.9 Å². The van der Waals surface area contributed by atoms with Gasteiger partial charge in [-0.15, -0.1) is 0 Å². The summed E-state index contributed by atoms with van der Waals surface area (Å²) in [7, 11) is 0. The smallest absolute Gasteiger partial charge is 0.254 e. The van der Waals surface area contributed by atoms with Crippen LogP contribution in [0.2, 0.25) is 0 Å². The molecule has 0 saturated carbocycles. The Labute approximate surface area is 126 Å². The number of carbonyl (C=O) groups is 1. The van der Waals surface area contributed by atoms with Crippen molar-refractivity contribution in [3.05, 3.63) is 35.4 Å². The van der Waals surface area contributed by atoms with Gasteiger partial charge in [-0.25, -0.2) is 0 Å². The summed E-state index contributed by atoms with van der Waals surface area (Å²) in [6.07, 6.45) is 0.150. The van der Waals surface area contributed by atoms with Gasteiger partial charge in [0, 0.05) is 25.2 Å². The van der Waals surface area contributed by atoms with Gasteiger partial charge < -0.3 is 15.0 Å². The van der Waals surface area contributed by atoms with E-state index in [0.29, 0.717) is 13.2 Å². The Morgan fingerprint density at radius 1 is 1.24 bits per heavy atom. The third kappa shape index (κ3) is 2.83. The van der Waals surface area contributed by atoms with Gasteiger partial charge in [-0.05, 0) is 23.1 Å². The zero-order valence-electron chi connectivity index (χ0n) is 13.1. The lowest BCUT2D eigenvalue weighted by molar-refractivity contribution is -0.0364. The monoisotopic (exact) mass is 288 g/mol. The van der Waals surface area contributed by atoms with E-state index in [2.05, 4.69) is 38.2 Å². The summed E-state index contributed by atoms with van der Waals surface area (Å²) in [6, 6.07) is 8.22. The number of fused-ring (bicyclic) bond motifs is 1. The Kier molecular flexibility index (Phi) is 3.76. The van der Waals surface area contributed by atoms with Crippen molar-refractivity contribution in [2.24, 2.45) is 0 Å². The molecule has 114 valence electrons. The summed E-state index contributed by atoms with van der Waals surface area (Å²) in [6.45, 7) is 9.53. The highest BCUT2D eigenvalue weighted by molar-refractivity contribution is 5.94. The van der Waals surface area contributed by atoms with Crippen LogP contribution in [0.15, 0.2) is 24.3 Å². The number of amides is 1. The van der Waals surface area contributed by atoms with Crippen LogP contribution in [-0.4, -0.2) is 49.2 Å². The molecule has 0 aliphatic carbocycles. The van der Waals surface area contributed by atoms with E-state index in [9.17, 15) is 4.79 Å². The number of benzene rings is 1. The molecule has 0 bridgehead atoms.